The third kappa shape index (κ3) is 2.16. The number of fused-ring (bicyclic) bond motifs is 10. The fourth-order valence-electron chi connectivity index (χ4n) is 9.38. The molecule has 1 spiro atoms. The molecule has 0 N–H and O–H groups in total. The molecule has 46 heavy (non-hydrogen) atoms. The Morgan fingerprint density at radius 1 is 0.543 bits per heavy atom. The first-order chi connectivity index (χ1) is 22.8. The van der Waals surface area contributed by atoms with E-state index in [1.807, 2.05) is 0 Å². The Labute approximate surface area is 260 Å². The molecule has 5 nitrogen and oxygen atoms in total. The van der Waals surface area contributed by atoms with Gasteiger partial charge in [0.2, 0.25) is 0 Å². The van der Waals surface area contributed by atoms with Crippen molar-refractivity contribution in [2.75, 3.05) is 0 Å². The molecule has 6 aromatic carbocycles. The van der Waals surface area contributed by atoms with E-state index in [0.717, 1.165) is 17.3 Å². The lowest BCUT2D eigenvalue weighted by Gasteiger charge is -2.36. The fourth-order valence-corrected chi connectivity index (χ4v) is 9.38. The minimum atomic E-state index is -0.647. The van der Waals surface area contributed by atoms with E-state index in [0.29, 0.717) is 0 Å². The van der Waals surface area contributed by atoms with Crippen LogP contribution in [0, 0.1) is 0 Å². The van der Waals surface area contributed by atoms with Crippen LogP contribution in [0.2, 0.25) is 0 Å². The van der Waals surface area contributed by atoms with Crippen molar-refractivity contribution in [2.45, 2.75) is 5.66 Å². The second-order valence-corrected chi connectivity index (χ2v) is 13.0. The minimum Gasteiger partial charge on any atom is -0.456 e. The summed E-state index contributed by atoms with van der Waals surface area (Å²) in [6.45, 7) is 0. The topological polar surface area (TPSA) is 26.3 Å². The number of imidazole rings is 1. The summed E-state index contributed by atoms with van der Waals surface area (Å²) < 4.78 is 16.8. The van der Waals surface area contributed by atoms with Gasteiger partial charge < -0.3 is 4.74 Å². The highest BCUT2D eigenvalue weighted by molar-refractivity contribution is 6.18. The van der Waals surface area contributed by atoms with Crippen LogP contribution in [0.5, 0.6) is 11.5 Å². The molecular weight excluding hydrogens is 564 g/mol. The van der Waals surface area contributed by atoms with Crippen LogP contribution in [-0.4, -0.2) is 8.97 Å². The van der Waals surface area contributed by atoms with E-state index in [1.165, 1.54) is 81.8 Å². The van der Waals surface area contributed by atoms with Gasteiger partial charge in [-0.05, 0) is 88.3 Å². The molecule has 3 aliphatic rings. The predicted molar refractivity (Wildman–Crippen MR) is 180 cm³/mol. The average Bonchev–Trinajstić information content (AvgIpc) is 3.78. The smallest absolute Gasteiger partial charge is 0.318 e. The lowest BCUT2D eigenvalue weighted by atomic mass is 9.83. The summed E-state index contributed by atoms with van der Waals surface area (Å²) in [5.74, 6) is 2.97. The molecule has 0 fully saturated rings. The number of para-hydroxylation sites is 1. The van der Waals surface area contributed by atoms with Crippen molar-refractivity contribution in [3.05, 3.63) is 145 Å². The molecule has 1 atom stereocenters. The molecule has 7 heterocycles. The van der Waals surface area contributed by atoms with E-state index >= 15 is 0 Å². The number of rotatable bonds is 0. The number of hydrogen-bond donors (Lipinski definition) is 0. The van der Waals surface area contributed by atoms with Gasteiger partial charge in [-0.3, -0.25) is 0 Å². The Morgan fingerprint density at radius 3 is 2.20 bits per heavy atom. The average molecular weight is 587 g/mol. The van der Waals surface area contributed by atoms with Crippen LogP contribution >= 0.6 is 0 Å². The lowest BCUT2D eigenvalue weighted by molar-refractivity contribution is -0.956. The van der Waals surface area contributed by atoms with E-state index in [1.54, 1.807) is 0 Å². The van der Waals surface area contributed by atoms with E-state index in [-0.39, 0.29) is 0 Å². The fraction of sp³-hybridized carbons (Fsp3) is 0.0244. The number of ether oxygens (including phenoxy) is 1. The van der Waals surface area contributed by atoms with Crippen molar-refractivity contribution in [1.82, 2.24) is 8.97 Å². The Kier molecular flexibility index (Phi) is 3.41. The summed E-state index contributed by atoms with van der Waals surface area (Å²) in [5.41, 5.74) is 6.59. The van der Waals surface area contributed by atoms with Gasteiger partial charge in [-0.25, -0.2) is 0 Å². The van der Waals surface area contributed by atoms with Crippen LogP contribution < -0.4 is 13.9 Å². The molecule has 13 rings (SSSR count). The first-order valence-electron chi connectivity index (χ1n) is 15.9. The maximum absolute atomic E-state index is 6.92. The van der Waals surface area contributed by atoms with Gasteiger partial charge in [-0.15, -0.1) is 0 Å². The van der Waals surface area contributed by atoms with E-state index in [9.17, 15) is 0 Å². The zero-order chi connectivity index (χ0) is 29.5. The number of hydrogen-bond acceptors (Lipinski definition) is 1. The molecule has 10 aromatic rings. The normalized spacial score (nSPS) is 17.0. The minimum absolute atomic E-state index is 0.647. The molecule has 0 amide bonds. The summed E-state index contributed by atoms with van der Waals surface area (Å²) in [4.78, 5) is 0. The van der Waals surface area contributed by atoms with E-state index < -0.39 is 5.66 Å². The molecule has 5 heteroatoms. The van der Waals surface area contributed by atoms with Gasteiger partial charge in [-0.1, -0.05) is 42.5 Å². The summed E-state index contributed by atoms with van der Waals surface area (Å²) in [7, 11) is 0. The molecule has 210 valence electrons. The van der Waals surface area contributed by atoms with Crippen LogP contribution in [0.25, 0.3) is 76.5 Å². The monoisotopic (exact) mass is 586 g/mol. The van der Waals surface area contributed by atoms with Crippen molar-refractivity contribution >= 4 is 70.7 Å². The zero-order valence-electron chi connectivity index (χ0n) is 24.4. The highest BCUT2D eigenvalue weighted by atomic mass is 16.5. The Balaban J connectivity index is 1.28. The molecular formula is C41H22N4O+2. The van der Waals surface area contributed by atoms with Crippen molar-refractivity contribution in [3.63, 3.8) is 0 Å². The first-order valence-corrected chi connectivity index (χ1v) is 15.9. The standard InChI is InChI=1S/C41H22N4O/c1-2-8-24-20-26-22-32-30(21-25(26)19-23(24)7-1)28-12-14-33-37-36(28)40-42(32)17-18-44(40)41(37)38-34(46-33)15-13-29-27-9-3-4-10-31(27)45(39(29)38)35-11-5-6-16-43(35)41/h1-22H/q+2. The predicted octanol–water partition coefficient (Wildman–Crippen LogP) is 8.25. The Hall–Kier alpha value is -6.20. The van der Waals surface area contributed by atoms with Crippen LogP contribution in [0.4, 0.5) is 0 Å². The van der Waals surface area contributed by atoms with Crippen molar-refractivity contribution in [1.29, 1.82) is 0 Å². The highest BCUT2D eigenvalue weighted by Gasteiger charge is 2.64. The van der Waals surface area contributed by atoms with Gasteiger partial charge in [-0.2, -0.15) is 18.1 Å². The van der Waals surface area contributed by atoms with Gasteiger partial charge in [0.05, 0.1) is 11.6 Å². The number of aromatic nitrogens is 4. The zero-order valence-corrected chi connectivity index (χ0v) is 24.4. The summed E-state index contributed by atoms with van der Waals surface area (Å²) in [6.07, 6.45) is 6.81. The molecule has 0 saturated heterocycles. The third-order valence-corrected chi connectivity index (χ3v) is 11.1. The lowest BCUT2D eigenvalue weighted by Crippen LogP contribution is -2.75. The number of pyridine rings is 2. The summed E-state index contributed by atoms with van der Waals surface area (Å²) in [6, 6.07) is 42.3. The van der Waals surface area contributed by atoms with Gasteiger partial charge >= 0.3 is 5.66 Å². The largest absolute Gasteiger partial charge is 0.456 e. The molecule has 0 saturated carbocycles. The van der Waals surface area contributed by atoms with Gasteiger partial charge in [0.15, 0.2) is 5.52 Å². The molecule has 0 bridgehead atoms. The highest BCUT2D eigenvalue weighted by Crippen LogP contribution is 2.56. The molecule has 4 aromatic heterocycles. The molecule has 0 aliphatic carbocycles. The van der Waals surface area contributed by atoms with E-state index in [2.05, 4.69) is 152 Å². The SMILES string of the molecule is c1cc[n+]2c(c1)-n1c3ccccc3c3ccc4c(c31)C21c2c(ccc3c5cc6cc7ccccc7cc6cc5n5cc[n+]1c5c23)O4. The summed E-state index contributed by atoms with van der Waals surface area (Å²) >= 11 is 0. The molecule has 3 aliphatic heterocycles. The van der Waals surface area contributed by atoms with Gasteiger partial charge in [0.1, 0.15) is 46.1 Å². The first kappa shape index (κ1) is 22.3. The maximum atomic E-state index is 6.92. The Morgan fingerprint density at radius 2 is 1.30 bits per heavy atom. The number of benzene rings is 6. The van der Waals surface area contributed by atoms with Gasteiger partial charge in [0, 0.05) is 27.6 Å². The Bertz CT molecular complexity index is 3130. The van der Waals surface area contributed by atoms with Crippen molar-refractivity contribution < 1.29 is 13.9 Å². The van der Waals surface area contributed by atoms with E-state index in [4.69, 9.17) is 4.74 Å². The second kappa shape index (κ2) is 7.03. The van der Waals surface area contributed by atoms with Crippen LogP contribution in [-0.2, 0) is 5.66 Å². The maximum Gasteiger partial charge on any atom is 0.318 e. The molecule has 1 unspecified atom stereocenters. The summed E-state index contributed by atoms with van der Waals surface area (Å²) in [5, 5.41) is 11.3. The number of nitrogens with zero attached hydrogens (tertiary/aromatic N) is 4. The van der Waals surface area contributed by atoms with Crippen LogP contribution in [0.15, 0.2) is 134 Å². The van der Waals surface area contributed by atoms with Gasteiger partial charge in [0.25, 0.3) is 11.5 Å². The van der Waals surface area contributed by atoms with Crippen molar-refractivity contribution in [2.24, 2.45) is 0 Å². The van der Waals surface area contributed by atoms with Crippen LogP contribution in [0.1, 0.15) is 11.1 Å². The van der Waals surface area contributed by atoms with Crippen LogP contribution in [0.3, 0.4) is 0 Å². The second-order valence-electron chi connectivity index (χ2n) is 13.0. The van der Waals surface area contributed by atoms with Crippen molar-refractivity contribution in [3.8, 4) is 17.3 Å². The quantitative estimate of drug-likeness (QED) is 0.0999. The third-order valence-electron chi connectivity index (χ3n) is 11.1. The molecule has 0 radical (unpaired) electrons.